The van der Waals surface area contributed by atoms with Crippen molar-refractivity contribution >= 4 is 23.2 Å². The van der Waals surface area contributed by atoms with Gasteiger partial charge in [0.15, 0.2) is 18.1 Å². The number of benzene rings is 1. The predicted octanol–water partition coefficient (Wildman–Crippen LogP) is 0.936. The van der Waals surface area contributed by atoms with Crippen LogP contribution in [0.25, 0.3) is 0 Å². The van der Waals surface area contributed by atoms with E-state index in [4.69, 9.17) is 9.15 Å². The molecular weight excluding hydrogens is 340 g/mol. The van der Waals surface area contributed by atoms with Crippen LogP contribution in [0.5, 0.6) is 5.75 Å². The largest absolute Gasteiger partial charge is 0.477 e. The Morgan fingerprint density at radius 1 is 1.12 bits per heavy atom. The molecule has 0 fully saturated rings. The van der Waals surface area contributed by atoms with E-state index in [-0.39, 0.29) is 11.5 Å². The molecule has 0 atom stereocenters. The van der Waals surface area contributed by atoms with Gasteiger partial charge in [-0.25, -0.2) is 0 Å². The first-order valence-corrected chi connectivity index (χ1v) is 6.57. The van der Waals surface area contributed by atoms with Gasteiger partial charge in [-0.3, -0.25) is 40.7 Å². The number of ether oxygens (including phenoxy) is 1. The number of hydrazine groups is 1. The summed E-state index contributed by atoms with van der Waals surface area (Å²) in [6, 6.07) is 5.57. The average molecular weight is 350 g/mol. The van der Waals surface area contributed by atoms with Crippen LogP contribution in [-0.4, -0.2) is 28.3 Å². The van der Waals surface area contributed by atoms with Crippen LogP contribution >= 0.6 is 0 Å². The molecule has 2 aromatic rings. The molecule has 12 heteroatoms. The van der Waals surface area contributed by atoms with Crippen LogP contribution in [0.2, 0.25) is 0 Å². The van der Waals surface area contributed by atoms with Crippen LogP contribution in [0.1, 0.15) is 10.6 Å². The maximum Gasteiger partial charge on any atom is 0.317 e. The van der Waals surface area contributed by atoms with E-state index < -0.39 is 39.6 Å². The van der Waals surface area contributed by atoms with Crippen molar-refractivity contribution in [2.45, 2.75) is 0 Å². The van der Waals surface area contributed by atoms with E-state index >= 15 is 0 Å². The summed E-state index contributed by atoms with van der Waals surface area (Å²) in [5, 5.41) is 21.6. The third-order valence-electron chi connectivity index (χ3n) is 2.77. The summed E-state index contributed by atoms with van der Waals surface area (Å²) in [5.74, 6) is -1.89. The maximum atomic E-state index is 11.6. The zero-order chi connectivity index (χ0) is 18.4. The Balaban J connectivity index is 1.94. The smallest absolute Gasteiger partial charge is 0.317 e. The van der Waals surface area contributed by atoms with Gasteiger partial charge in [-0.1, -0.05) is 0 Å². The normalized spacial score (nSPS) is 9.92. The standard InChI is InChI=1S/C13H10N4O8/c18-12(14-15-13(19)11-2-1-5-24-11)7-25-10-4-3-8(16(20)21)6-9(10)17(22)23/h1-6H,7H2,(H,14,18)(H,15,19). The average Bonchev–Trinajstić information content (AvgIpc) is 3.12. The Labute approximate surface area is 138 Å². The Hall–Kier alpha value is -3.96. The number of nitro groups is 2. The van der Waals surface area contributed by atoms with Crippen molar-refractivity contribution in [1.29, 1.82) is 0 Å². The van der Waals surface area contributed by atoms with E-state index in [9.17, 15) is 29.8 Å². The van der Waals surface area contributed by atoms with Crippen LogP contribution in [0.4, 0.5) is 11.4 Å². The number of nitro benzene ring substituents is 2. The number of amides is 2. The topological polar surface area (TPSA) is 167 Å². The van der Waals surface area contributed by atoms with Gasteiger partial charge in [0.25, 0.3) is 11.6 Å². The number of hydrogen-bond donors (Lipinski definition) is 2. The van der Waals surface area contributed by atoms with Gasteiger partial charge in [0.1, 0.15) is 0 Å². The molecule has 0 unspecified atom stereocenters. The molecule has 0 radical (unpaired) electrons. The van der Waals surface area contributed by atoms with Gasteiger partial charge in [-0.05, 0) is 18.2 Å². The fourth-order valence-corrected chi connectivity index (χ4v) is 1.66. The lowest BCUT2D eigenvalue weighted by Gasteiger charge is -2.08. The minimum Gasteiger partial charge on any atom is -0.477 e. The van der Waals surface area contributed by atoms with Crippen molar-refractivity contribution in [2.75, 3.05) is 6.61 Å². The van der Waals surface area contributed by atoms with E-state index in [1.807, 2.05) is 10.9 Å². The molecule has 1 aromatic heterocycles. The van der Waals surface area contributed by atoms with Crippen LogP contribution in [-0.2, 0) is 4.79 Å². The van der Waals surface area contributed by atoms with Gasteiger partial charge in [0.05, 0.1) is 22.2 Å². The molecule has 25 heavy (non-hydrogen) atoms. The molecule has 0 aliphatic carbocycles. The number of rotatable bonds is 6. The summed E-state index contributed by atoms with van der Waals surface area (Å²) in [7, 11) is 0. The minimum absolute atomic E-state index is 0.0350. The summed E-state index contributed by atoms with van der Waals surface area (Å²) in [6.07, 6.45) is 1.27. The lowest BCUT2D eigenvalue weighted by atomic mass is 10.2. The number of hydrogen-bond acceptors (Lipinski definition) is 8. The predicted molar refractivity (Wildman–Crippen MR) is 79.6 cm³/mol. The Kier molecular flexibility index (Phi) is 5.25. The van der Waals surface area contributed by atoms with Gasteiger partial charge < -0.3 is 9.15 Å². The van der Waals surface area contributed by atoms with E-state index in [0.717, 1.165) is 12.1 Å². The van der Waals surface area contributed by atoms with Crippen molar-refractivity contribution in [2.24, 2.45) is 0 Å². The van der Waals surface area contributed by atoms with Crippen LogP contribution in [0.3, 0.4) is 0 Å². The van der Waals surface area contributed by atoms with E-state index in [1.54, 1.807) is 0 Å². The first-order valence-electron chi connectivity index (χ1n) is 6.57. The Bertz CT molecular complexity index is 817. The highest BCUT2D eigenvalue weighted by Gasteiger charge is 2.21. The number of nitrogens with zero attached hydrogens (tertiary/aromatic N) is 2. The second-order valence-electron chi connectivity index (χ2n) is 4.43. The summed E-state index contributed by atoms with van der Waals surface area (Å²) in [6.45, 7) is -0.670. The maximum absolute atomic E-state index is 11.6. The molecule has 0 saturated carbocycles. The van der Waals surface area contributed by atoms with Gasteiger partial charge in [0, 0.05) is 6.07 Å². The summed E-state index contributed by atoms with van der Waals surface area (Å²) in [5.41, 5.74) is 2.91. The third kappa shape index (κ3) is 4.51. The number of carbonyl (C=O) groups excluding carboxylic acids is 2. The van der Waals surface area contributed by atoms with Crippen molar-refractivity contribution in [3.63, 3.8) is 0 Å². The first-order chi connectivity index (χ1) is 11.9. The van der Waals surface area contributed by atoms with Gasteiger partial charge in [-0.2, -0.15) is 0 Å². The molecule has 1 aromatic carbocycles. The molecule has 2 rings (SSSR count). The first kappa shape index (κ1) is 17.4. The summed E-state index contributed by atoms with van der Waals surface area (Å²) < 4.78 is 9.77. The van der Waals surface area contributed by atoms with E-state index in [2.05, 4.69) is 0 Å². The van der Waals surface area contributed by atoms with Crippen molar-refractivity contribution < 1.29 is 28.6 Å². The minimum atomic E-state index is -0.876. The summed E-state index contributed by atoms with van der Waals surface area (Å²) >= 11 is 0. The van der Waals surface area contributed by atoms with Crippen molar-refractivity contribution in [3.8, 4) is 5.75 Å². The summed E-state index contributed by atoms with van der Waals surface area (Å²) in [4.78, 5) is 43.0. The molecule has 1 heterocycles. The number of furan rings is 1. The molecule has 2 N–H and O–H groups in total. The number of carbonyl (C=O) groups is 2. The highest BCUT2D eigenvalue weighted by Crippen LogP contribution is 2.30. The van der Waals surface area contributed by atoms with E-state index in [1.165, 1.54) is 18.4 Å². The molecule has 2 amide bonds. The third-order valence-corrected chi connectivity index (χ3v) is 2.77. The van der Waals surface area contributed by atoms with Gasteiger partial charge >= 0.3 is 11.6 Å². The second kappa shape index (κ2) is 7.54. The second-order valence-corrected chi connectivity index (χ2v) is 4.43. The zero-order valence-electron chi connectivity index (χ0n) is 12.3. The molecular formula is C13H10N4O8. The van der Waals surface area contributed by atoms with Crippen molar-refractivity contribution in [3.05, 3.63) is 62.6 Å². The monoisotopic (exact) mass is 350 g/mol. The Morgan fingerprint density at radius 2 is 1.88 bits per heavy atom. The molecule has 0 saturated heterocycles. The van der Waals surface area contributed by atoms with Crippen LogP contribution in [0.15, 0.2) is 41.0 Å². The fraction of sp³-hybridized carbons (Fsp3) is 0.0769. The van der Waals surface area contributed by atoms with E-state index in [0.29, 0.717) is 6.07 Å². The molecule has 0 bridgehead atoms. The zero-order valence-corrected chi connectivity index (χ0v) is 12.3. The molecule has 0 spiro atoms. The van der Waals surface area contributed by atoms with Crippen molar-refractivity contribution in [1.82, 2.24) is 10.9 Å². The molecule has 0 aliphatic heterocycles. The molecule has 12 nitrogen and oxygen atoms in total. The van der Waals surface area contributed by atoms with Crippen LogP contribution < -0.4 is 15.6 Å². The highest BCUT2D eigenvalue weighted by atomic mass is 16.6. The van der Waals surface area contributed by atoms with Crippen LogP contribution in [0, 0.1) is 20.2 Å². The SMILES string of the molecule is O=C(COc1ccc([N+](=O)[O-])cc1[N+](=O)[O-])NNC(=O)c1ccco1. The number of non-ortho nitro benzene ring substituents is 1. The quantitative estimate of drug-likeness (QED) is 0.573. The molecule has 0 aliphatic rings. The lowest BCUT2D eigenvalue weighted by molar-refractivity contribution is -0.394. The molecule has 130 valence electrons. The fourth-order valence-electron chi connectivity index (χ4n) is 1.66. The van der Waals surface area contributed by atoms with Gasteiger partial charge in [-0.15, -0.1) is 0 Å². The lowest BCUT2D eigenvalue weighted by Crippen LogP contribution is -2.43. The number of nitrogens with one attached hydrogen (secondary N) is 2. The van der Waals surface area contributed by atoms with Gasteiger partial charge in [0.2, 0.25) is 0 Å². The Morgan fingerprint density at radius 3 is 2.48 bits per heavy atom. The highest BCUT2D eigenvalue weighted by molar-refractivity contribution is 5.93.